The fourth-order valence-corrected chi connectivity index (χ4v) is 4.12. The summed E-state index contributed by atoms with van der Waals surface area (Å²) in [6.07, 6.45) is 4.22. The first kappa shape index (κ1) is 19.0. The van der Waals surface area contributed by atoms with Gasteiger partial charge in [0.15, 0.2) is 5.13 Å². The highest BCUT2D eigenvalue weighted by molar-refractivity contribution is 7.22. The molecule has 29 heavy (non-hydrogen) atoms. The second kappa shape index (κ2) is 8.36. The third-order valence-corrected chi connectivity index (χ3v) is 5.64. The van der Waals surface area contributed by atoms with Crippen LogP contribution < -0.4 is 14.8 Å². The second-order valence-electron chi connectivity index (χ2n) is 6.52. The zero-order valence-corrected chi connectivity index (χ0v) is 17.0. The zero-order chi connectivity index (χ0) is 20.2. The van der Waals surface area contributed by atoms with Crippen molar-refractivity contribution in [2.45, 2.75) is 12.5 Å². The molecular formula is C22H21N3O3S. The van der Waals surface area contributed by atoms with Gasteiger partial charge < -0.3 is 19.4 Å². The number of nitrogens with one attached hydrogen (secondary N) is 1. The highest BCUT2D eigenvalue weighted by atomic mass is 32.1. The Labute approximate surface area is 172 Å². The van der Waals surface area contributed by atoms with Crippen LogP contribution in [0.25, 0.3) is 10.2 Å². The van der Waals surface area contributed by atoms with Gasteiger partial charge in [-0.1, -0.05) is 23.5 Å². The molecule has 1 atom stereocenters. The Morgan fingerprint density at radius 2 is 1.76 bits per heavy atom. The molecular weight excluding hydrogens is 386 g/mol. The molecule has 1 amide bonds. The van der Waals surface area contributed by atoms with Crippen LogP contribution in [0.5, 0.6) is 11.5 Å². The lowest BCUT2D eigenvalue weighted by atomic mass is 10.0. The number of benzene rings is 2. The van der Waals surface area contributed by atoms with Gasteiger partial charge in [-0.25, -0.2) is 4.98 Å². The van der Waals surface area contributed by atoms with Gasteiger partial charge in [-0.15, -0.1) is 0 Å². The number of ether oxygens (including phenoxy) is 2. The number of rotatable bonds is 7. The molecule has 0 aliphatic carbocycles. The van der Waals surface area contributed by atoms with Crippen LogP contribution in [-0.2, 0) is 4.79 Å². The van der Waals surface area contributed by atoms with E-state index >= 15 is 0 Å². The van der Waals surface area contributed by atoms with E-state index in [0.29, 0.717) is 11.6 Å². The number of hydrogen-bond donors (Lipinski definition) is 1. The molecule has 0 aliphatic heterocycles. The smallest absolute Gasteiger partial charge is 0.228 e. The largest absolute Gasteiger partial charge is 0.497 e. The Kier molecular flexibility index (Phi) is 5.48. The maximum atomic E-state index is 12.8. The summed E-state index contributed by atoms with van der Waals surface area (Å²) in [6.45, 7) is 0. The van der Waals surface area contributed by atoms with Gasteiger partial charge in [0.1, 0.15) is 11.5 Å². The number of nitrogens with zero attached hydrogens (tertiary/aromatic N) is 2. The Hall–Kier alpha value is -3.32. The third kappa shape index (κ3) is 4.25. The summed E-state index contributed by atoms with van der Waals surface area (Å²) >= 11 is 1.43. The number of anilines is 1. The molecule has 0 aliphatic rings. The molecule has 2 heterocycles. The molecule has 2 aromatic carbocycles. The van der Waals surface area contributed by atoms with Crippen molar-refractivity contribution < 1.29 is 14.3 Å². The van der Waals surface area contributed by atoms with Crippen molar-refractivity contribution in [2.75, 3.05) is 19.5 Å². The van der Waals surface area contributed by atoms with Crippen molar-refractivity contribution in [3.05, 3.63) is 72.6 Å². The minimum atomic E-state index is -0.120. The Morgan fingerprint density at radius 1 is 1.07 bits per heavy atom. The molecule has 0 radical (unpaired) electrons. The number of carbonyl (C=O) groups excluding carboxylic acids is 1. The highest BCUT2D eigenvalue weighted by Crippen LogP contribution is 2.30. The zero-order valence-electron chi connectivity index (χ0n) is 16.2. The molecule has 0 bridgehead atoms. The number of carbonyl (C=O) groups is 1. The first-order valence-corrected chi connectivity index (χ1v) is 9.99. The number of thiazole rings is 1. The predicted octanol–water partition coefficient (Wildman–Crippen LogP) is 4.73. The van der Waals surface area contributed by atoms with Crippen LogP contribution in [0, 0.1) is 0 Å². The normalized spacial score (nSPS) is 11.9. The van der Waals surface area contributed by atoms with E-state index < -0.39 is 0 Å². The number of amides is 1. The molecule has 0 fully saturated rings. The molecule has 4 rings (SSSR count). The average molecular weight is 407 g/mol. The maximum absolute atomic E-state index is 12.8. The van der Waals surface area contributed by atoms with Gasteiger partial charge in [-0.2, -0.15) is 0 Å². The van der Waals surface area contributed by atoms with Gasteiger partial charge >= 0.3 is 0 Å². The van der Waals surface area contributed by atoms with E-state index in [-0.39, 0.29) is 11.9 Å². The van der Waals surface area contributed by atoms with Gasteiger partial charge in [0.05, 0.1) is 36.9 Å². The van der Waals surface area contributed by atoms with Crippen molar-refractivity contribution >= 4 is 32.6 Å². The van der Waals surface area contributed by atoms with E-state index in [2.05, 4.69) is 10.3 Å². The average Bonchev–Trinajstić information content (AvgIpc) is 3.41. The van der Waals surface area contributed by atoms with E-state index in [1.807, 2.05) is 71.6 Å². The number of hydrogen-bond acceptors (Lipinski definition) is 5. The lowest BCUT2D eigenvalue weighted by Gasteiger charge is -2.19. The van der Waals surface area contributed by atoms with Crippen LogP contribution in [0.1, 0.15) is 18.0 Å². The molecule has 2 aromatic heterocycles. The van der Waals surface area contributed by atoms with Crippen LogP contribution in [-0.4, -0.2) is 29.7 Å². The van der Waals surface area contributed by atoms with E-state index in [4.69, 9.17) is 9.47 Å². The minimum Gasteiger partial charge on any atom is -0.497 e. The molecule has 0 spiro atoms. The van der Waals surface area contributed by atoms with Crippen LogP contribution >= 0.6 is 11.3 Å². The molecule has 0 unspecified atom stereocenters. The summed E-state index contributed by atoms with van der Waals surface area (Å²) in [5, 5.41) is 3.53. The Balaban J connectivity index is 1.53. The Morgan fingerprint density at radius 3 is 2.45 bits per heavy atom. The maximum Gasteiger partial charge on any atom is 0.228 e. The minimum absolute atomic E-state index is 0.0921. The predicted molar refractivity (Wildman–Crippen MR) is 115 cm³/mol. The monoisotopic (exact) mass is 407 g/mol. The second-order valence-corrected chi connectivity index (χ2v) is 7.55. The number of fused-ring (bicyclic) bond motifs is 1. The molecule has 7 heteroatoms. The van der Waals surface area contributed by atoms with Crippen molar-refractivity contribution in [1.82, 2.24) is 9.55 Å². The molecule has 148 valence electrons. The summed E-state index contributed by atoms with van der Waals surface area (Å²) in [7, 11) is 3.27. The van der Waals surface area contributed by atoms with Gasteiger partial charge in [0.25, 0.3) is 0 Å². The molecule has 4 aromatic rings. The topological polar surface area (TPSA) is 65.4 Å². The molecule has 0 saturated heterocycles. The van der Waals surface area contributed by atoms with Gasteiger partial charge in [-0.3, -0.25) is 4.79 Å². The molecule has 0 saturated carbocycles. The molecule has 1 N–H and O–H groups in total. The van der Waals surface area contributed by atoms with Crippen molar-refractivity contribution in [3.63, 3.8) is 0 Å². The van der Waals surface area contributed by atoms with E-state index in [1.165, 1.54) is 11.3 Å². The quantitative estimate of drug-likeness (QED) is 0.481. The summed E-state index contributed by atoms with van der Waals surface area (Å²) in [4.78, 5) is 17.3. The van der Waals surface area contributed by atoms with Gasteiger partial charge in [-0.05, 0) is 48.0 Å². The number of aromatic nitrogens is 2. The summed E-state index contributed by atoms with van der Waals surface area (Å²) in [5.41, 5.74) is 1.87. The van der Waals surface area contributed by atoms with E-state index in [1.54, 1.807) is 14.2 Å². The Bertz CT molecular complexity index is 1100. The van der Waals surface area contributed by atoms with Crippen molar-refractivity contribution in [3.8, 4) is 11.5 Å². The summed E-state index contributed by atoms with van der Waals surface area (Å²) in [6, 6.07) is 17.2. The number of methoxy groups -OCH3 is 2. The van der Waals surface area contributed by atoms with Crippen LogP contribution in [0.2, 0.25) is 0 Å². The molecule has 6 nitrogen and oxygen atoms in total. The van der Waals surface area contributed by atoms with E-state index in [0.717, 1.165) is 27.3 Å². The highest BCUT2D eigenvalue weighted by Gasteiger charge is 2.19. The van der Waals surface area contributed by atoms with E-state index in [9.17, 15) is 4.79 Å². The van der Waals surface area contributed by atoms with Crippen molar-refractivity contribution in [1.29, 1.82) is 0 Å². The first-order chi connectivity index (χ1) is 14.2. The fraction of sp³-hybridized carbons (Fsp3) is 0.182. The van der Waals surface area contributed by atoms with Gasteiger partial charge in [0, 0.05) is 12.4 Å². The van der Waals surface area contributed by atoms with Crippen LogP contribution in [0.4, 0.5) is 5.13 Å². The lowest BCUT2D eigenvalue weighted by molar-refractivity contribution is -0.116. The first-order valence-electron chi connectivity index (χ1n) is 9.17. The van der Waals surface area contributed by atoms with Crippen LogP contribution in [0.15, 0.2) is 67.0 Å². The standard InChI is InChI=1S/C22H21N3O3S/c1-27-16-7-5-15(6-8-16)19(25-11-3-4-12-25)14-21(26)24-22-23-18-10-9-17(28-2)13-20(18)29-22/h3-13,19H,14H2,1-2H3,(H,23,24,26)/t19-/m1/s1. The third-order valence-electron chi connectivity index (χ3n) is 4.71. The van der Waals surface area contributed by atoms with Gasteiger partial charge in [0.2, 0.25) is 5.91 Å². The van der Waals surface area contributed by atoms with Crippen molar-refractivity contribution in [2.24, 2.45) is 0 Å². The summed E-state index contributed by atoms with van der Waals surface area (Å²) < 4.78 is 13.5. The SMILES string of the molecule is COc1ccc([C@@H](CC(=O)Nc2nc3ccc(OC)cc3s2)n2cccc2)cc1. The van der Waals surface area contributed by atoms with Crippen LogP contribution in [0.3, 0.4) is 0 Å². The lowest BCUT2D eigenvalue weighted by Crippen LogP contribution is -2.19. The summed E-state index contributed by atoms with van der Waals surface area (Å²) in [5.74, 6) is 1.46. The fourth-order valence-electron chi connectivity index (χ4n) is 3.21.